The molecule has 1 amide bonds. The van der Waals surface area contributed by atoms with Crippen LogP contribution in [0.15, 0.2) is 24.3 Å². The largest absolute Gasteiger partial charge is 0.334 e. The van der Waals surface area contributed by atoms with Gasteiger partial charge in [0.15, 0.2) is 0 Å². The maximum atomic E-state index is 12.5. The summed E-state index contributed by atoms with van der Waals surface area (Å²) in [5, 5.41) is 0. The van der Waals surface area contributed by atoms with Gasteiger partial charge in [-0.25, -0.2) is 0 Å². The molecule has 3 nitrogen and oxygen atoms in total. The van der Waals surface area contributed by atoms with Crippen LogP contribution < -0.4 is 5.73 Å². The normalized spacial score (nSPS) is 24.1. The number of benzene rings is 1. The van der Waals surface area contributed by atoms with Crippen molar-refractivity contribution in [3.8, 4) is 0 Å². The molecule has 0 aliphatic carbocycles. The first-order valence-corrected chi connectivity index (χ1v) is 6.69. The van der Waals surface area contributed by atoms with Gasteiger partial charge in [-0.1, -0.05) is 24.6 Å². The number of hydrogen-bond acceptors (Lipinski definition) is 2. The van der Waals surface area contributed by atoms with Crippen molar-refractivity contribution in [1.82, 2.24) is 4.90 Å². The summed E-state index contributed by atoms with van der Waals surface area (Å²) in [5.41, 5.74) is 7.71. The smallest absolute Gasteiger partial charge is 0.254 e. The monoisotopic (exact) mass is 246 g/mol. The molecule has 18 heavy (non-hydrogen) atoms. The molecule has 1 saturated heterocycles. The van der Waals surface area contributed by atoms with Crippen LogP contribution in [0.2, 0.25) is 0 Å². The maximum Gasteiger partial charge on any atom is 0.254 e. The number of amides is 1. The van der Waals surface area contributed by atoms with Gasteiger partial charge in [0.1, 0.15) is 0 Å². The van der Waals surface area contributed by atoms with E-state index in [-0.39, 0.29) is 11.9 Å². The van der Waals surface area contributed by atoms with Crippen LogP contribution in [0.25, 0.3) is 0 Å². The number of piperidine rings is 1. The summed E-state index contributed by atoms with van der Waals surface area (Å²) in [4.78, 5) is 14.5. The first-order chi connectivity index (χ1) is 8.61. The van der Waals surface area contributed by atoms with Crippen molar-refractivity contribution in [2.24, 2.45) is 11.7 Å². The molecule has 2 atom stereocenters. The molecule has 1 aliphatic heterocycles. The van der Waals surface area contributed by atoms with E-state index in [9.17, 15) is 4.79 Å². The van der Waals surface area contributed by atoms with Crippen LogP contribution in [0, 0.1) is 12.8 Å². The molecule has 1 aromatic rings. The van der Waals surface area contributed by atoms with Crippen LogP contribution >= 0.6 is 0 Å². The second-order valence-corrected chi connectivity index (χ2v) is 5.39. The second-order valence-electron chi connectivity index (χ2n) is 5.39. The minimum Gasteiger partial charge on any atom is -0.334 e. The Bertz CT molecular complexity index is 430. The van der Waals surface area contributed by atoms with Crippen LogP contribution in [-0.2, 0) is 0 Å². The molecule has 1 aliphatic rings. The predicted molar refractivity (Wildman–Crippen MR) is 73.5 cm³/mol. The highest BCUT2D eigenvalue weighted by Gasteiger charge is 2.29. The van der Waals surface area contributed by atoms with Crippen molar-refractivity contribution in [3.05, 3.63) is 35.4 Å². The summed E-state index contributed by atoms with van der Waals surface area (Å²) in [6, 6.07) is 7.98. The molecule has 0 spiro atoms. The van der Waals surface area contributed by atoms with Crippen molar-refractivity contribution >= 4 is 5.91 Å². The van der Waals surface area contributed by atoms with E-state index >= 15 is 0 Å². The Hall–Kier alpha value is -1.35. The molecule has 1 aromatic carbocycles. The lowest BCUT2D eigenvalue weighted by Crippen LogP contribution is -2.49. The molecule has 1 fully saturated rings. The van der Waals surface area contributed by atoms with Crippen LogP contribution in [0.5, 0.6) is 0 Å². The first kappa shape index (κ1) is 13.1. The lowest BCUT2D eigenvalue weighted by molar-refractivity contribution is 0.0573. The van der Waals surface area contributed by atoms with Gasteiger partial charge in [0.25, 0.3) is 5.91 Å². The number of hydrogen-bond donors (Lipinski definition) is 1. The molecule has 0 radical (unpaired) electrons. The SMILES string of the molecule is Cc1cccc(C(=O)N2CCC(C)CC2CN)c1. The Labute approximate surface area is 109 Å². The van der Waals surface area contributed by atoms with E-state index in [1.807, 2.05) is 36.1 Å². The minimum atomic E-state index is 0.126. The molecule has 0 aromatic heterocycles. The van der Waals surface area contributed by atoms with Crippen molar-refractivity contribution in [2.45, 2.75) is 32.7 Å². The van der Waals surface area contributed by atoms with E-state index < -0.39 is 0 Å². The third kappa shape index (κ3) is 2.72. The second kappa shape index (κ2) is 5.53. The van der Waals surface area contributed by atoms with Gasteiger partial charge in [-0.2, -0.15) is 0 Å². The molecular weight excluding hydrogens is 224 g/mol. The highest BCUT2D eigenvalue weighted by atomic mass is 16.2. The number of nitrogens with zero attached hydrogens (tertiary/aromatic N) is 1. The first-order valence-electron chi connectivity index (χ1n) is 6.69. The van der Waals surface area contributed by atoms with Crippen molar-refractivity contribution in [3.63, 3.8) is 0 Å². The third-order valence-electron chi connectivity index (χ3n) is 3.78. The number of aryl methyl sites for hydroxylation is 1. The lowest BCUT2D eigenvalue weighted by atomic mass is 9.92. The third-order valence-corrected chi connectivity index (χ3v) is 3.78. The predicted octanol–water partition coefficient (Wildman–Crippen LogP) is 2.19. The van der Waals surface area contributed by atoms with E-state index in [0.717, 1.165) is 30.5 Å². The van der Waals surface area contributed by atoms with Gasteiger partial charge >= 0.3 is 0 Å². The number of nitrogens with two attached hydrogens (primary N) is 1. The summed E-state index contributed by atoms with van der Waals surface area (Å²) < 4.78 is 0. The highest BCUT2D eigenvalue weighted by Crippen LogP contribution is 2.23. The van der Waals surface area contributed by atoms with E-state index in [1.165, 1.54) is 0 Å². The quantitative estimate of drug-likeness (QED) is 0.869. The van der Waals surface area contributed by atoms with Gasteiger partial charge in [0, 0.05) is 24.7 Å². The zero-order chi connectivity index (χ0) is 13.1. The molecule has 3 heteroatoms. The molecule has 2 unspecified atom stereocenters. The van der Waals surface area contributed by atoms with Gasteiger partial charge in [-0.15, -0.1) is 0 Å². The van der Waals surface area contributed by atoms with Gasteiger partial charge in [0.2, 0.25) is 0 Å². The van der Waals surface area contributed by atoms with E-state index in [1.54, 1.807) is 0 Å². The van der Waals surface area contributed by atoms with Crippen molar-refractivity contribution < 1.29 is 4.79 Å². The molecule has 2 N–H and O–H groups in total. The van der Waals surface area contributed by atoms with Crippen molar-refractivity contribution in [1.29, 1.82) is 0 Å². The summed E-state index contributed by atoms with van der Waals surface area (Å²) in [6.07, 6.45) is 2.10. The standard InChI is InChI=1S/C15H22N2O/c1-11-4-3-5-13(8-11)15(18)17-7-6-12(2)9-14(17)10-16/h3-5,8,12,14H,6-7,9-10,16H2,1-2H3. The molecule has 0 saturated carbocycles. The lowest BCUT2D eigenvalue weighted by Gasteiger charge is -2.38. The summed E-state index contributed by atoms with van der Waals surface area (Å²) >= 11 is 0. The average Bonchev–Trinajstić information content (AvgIpc) is 2.37. The minimum absolute atomic E-state index is 0.126. The van der Waals surface area contributed by atoms with E-state index in [4.69, 9.17) is 5.73 Å². The van der Waals surface area contributed by atoms with Gasteiger partial charge in [-0.05, 0) is 37.8 Å². The van der Waals surface area contributed by atoms with Crippen LogP contribution in [-0.4, -0.2) is 29.9 Å². The maximum absolute atomic E-state index is 12.5. The fourth-order valence-electron chi connectivity index (χ4n) is 2.69. The Kier molecular flexibility index (Phi) is 4.02. The number of carbonyl (C=O) groups is 1. The van der Waals surface area contributed by atoms with E-state index in [0.29, 0.717) is 12.5 Å². The van der Waals surface area contributed by atoms with Gasteiger partial charge < -0.3 is 10.6 Å². The highest BCUT2D eigenvalue weighted by molar-refractivity contribution is 5.94. The number of rotatable bonds is 2. The Morgan fingerprint density at radius 2 is 2.28 bits per heavy atom. The summed E-state index contributed by atoms with van der Waals surface area (Å²) in [7, 11) is 0. The number of carbonyl (C=O) groups excluding carboxylic acids is 1. The van der Waals surface area contributed by atoms with Crippen LogP contribution in [0.1, 0.15) is 35.7 Å². The summed E-state index contributed by atoms with van der Waals surface area (Å²) in [5.74, 6) is 0.793. The Morgan fingerprint density at radius 3 is 2.94 bits per heavy atom. The molecule has 98 valence electrons. The molecule has 2 rings (SSSR count). The average molecular weight is 246 g/mol. The Balaban J connectivity index is 2.17. The zero-order valence-corrected chi connectivity index (χ0v) is 11.2. The Morgan fingerprint density at radius 1 is 1.50 bits per heavy atom. The molecular formula is C15H22N2O. The number of likely N-dealkylation sites (tertiary alicyclic amines) is 1. The van der Waals surface area contributed by atoms with Gasteiger partial charge in [0.05, 0.1) is 0 Å². The zero-order valence-electron chi connectivity index (χ0n) is 11.2. The van der Waals surface area contributed by atoms with Crippen molar-refractivity contribution in [2.75, 3.05) is 13.1 Å². The van der Waals surface area contributed by atoms with Gasteiger partial charge in [-0.3, -0.25) is 4.79 Å². The van der Waals surface area contributed by atoms with E-state index in [2.05, 4.69) is 6.92 Å². The van der Waals surface area contributed by atoms with Crippen LogP contribution in [0.3, 0.4) is 0 Å². The van der Waals surface area contributed by atoms with Crippen LogP contribution in [0.4, 0.5) is 0 Å². The summed E-state index contributed by atoms with van der Waals surface area (Å²) in [6.45, 7) is 5.63. The fraction of sp³-hybridized carbons (Fsp3) is 0.533. The molecule has 0 bridgehead atoms. The topological polar surface area (TPSA) is 46.3 Å². The fourth-order valence-corrected chi connectivity index (χ4v) is 2.69. The molecule has 1 heterocycles.